The number of benzene rings is 9. The molecule has 0 bridgehead atoms. The smallest absolute Gasteiger partial charge is 0.0719 e. The number of para-hydroxylation sites is 2. The van der Waals surface area contributed by atoms with Gasteiger partial charge in [0.1, 0.15) is 0 Å². The zero-order valence-electron chi connectivity index (χ0n) is 33.3. The lowest BCUT2D eigenvalue weighted by Gasteiger charge is -2.46. The molecule has 0 aliphatic heterocycles. The van der Waals surface area contributed by atoms with E-state index in [0.717, 1.165) is 17.1 Å². The van der Waals surface area contributed by atoms with Gasteiger partial charge in [0.25, 0.3) is 0 Å². The van der Waals surface area contributed by atoms with Crippen LogP contribution in [-0.4, -0.2) is 0 Å². The molecule has 1 spiro atoms. The van der Waals surface area contributed by atoms with Gasteiger partial charge in [0.15, 0.2) is 0 Å². The molecule has 0 aromatic heterocycles. The molecule has 59 heavy (non-hydrogen) atoms. The molecule has 0 N–H and O–H groups in total. The second-order valence-corrected chi connectivity index (χ2v) is 16.5. The summed E-state index contributed by atoms with van der Waals surface area (Å²) in [6.07, 6.45) is 0. The molecule has 2 aliphatic rings. The molecule has 280 valence electrons. The lowest BCUT2D eigenvalue weighted by atomic mass is 9.55. The fourth-order valence-electron chi connectivity index (χ4n) is 10.3. The first-order chi connectivity index (χ1) is 29.0. The molecule has 0 saturated heterocycles. The maximum atomic E-state index is 2.45. The Bertz CT molecular complexity index is 2980. The summed E-state index contributed by atoms with van der Waals surface area (Å²) >= 11 is 0. The number of nitrogens with zero attached hydrogens (tertiary/aromatic N) is 1. The largest absolute Gasteiger partial charge is 0.310 e. The average molecular weight is 754 g/mol. The van der Waals surface area contributed by atoms with E-state index in [1.807, 2.05) is 0 Å². The molecule has 1 nitrogen and oxygen atoms in total. The molecule has 0 radical (unpaired) electrons. The van der Waals surface area contributed by atoms with Gasteiger partial charge in [-0.05, 0) is 115 Å². The van der Waals surface area contributed by atoms with Gasteiger partial charge in [0.2, 0.25) is 0 Å². The summed E-state index contributed by atoms with van der Waals surface area (Å²) in [6, 6.07) is 82.8. The highest BCUT2D eigenvalue weighted by atomic mass is 15.1. The van der Waals surface area contributed by atoms with Crippen LogP contribution in [0.15, 0.2) is 224 Å². The third-order valence-corrected chi connectivity index (χ3v) is 12.9. The summed E-state index contributed by atoms with van der Waals surface area (Å²) in [5.74, 6) is 0. The van der Waals surface area contributed by atoms with Gasteiger partial charge in [-0.3, -0.25) is 0 Å². The van der Waals surface area contributed by atoms with Gasteiger partial charge < -0.3 is 4.90 Å². The average Bonchev–Trinajstić information content (AvgIpc) is 3.60. The third kappa shape index (κ3) is 5.39. The normalized spacial score (nSPS) is 13.9. The Morgan fingerprint density at radius 3 is 1.47 bits per heavy atom. The van der Waals surface area contributed by atoms with E-state index in [1.54, 1.807) is 0 Å². The molecule has 1 heteroatoms. The molecule has 2 aliphatic carbocycles. The van der Waals surface area contributed by atoms with E-state index in [-0.39, 0.29) is 5.41 Å². The van der Waals surface area contributed by atoms with Crippen molar-refractivity contribution in [3.05, 3.63) is 258 Å². The summed E-state index contributed by atoms with van der Waals surface area (Å²) in [4.78, 5) is 2.41. The number of hydrogen-bond donors (Lipinski definition) is 0. The third-order valence-electron chi connectivity index (χ3n) is 12.9. The van der Waals surface area contributed by atoms with Crippen LogP contribution in [0, 0.1) is 0 Å². The van der Waals surface area contributed by atoms with Gasteiger partial charge in [0.05, 0.1) is 11.1 Å². The number of fused-ring (bicyclic) bond motifs is 9. The molecule has 9 aromatic carbocycles. The Morgan fingerprint density at radius 2 is 0.763 bits per heavy atom. The minimum atomic E-state index is -0.402. The molecule has 9 aromatic rings. The van der Waals surface area contributed by atoms with Crippen LogP contribution in [0.5, 0.6) is 0 Å². The number of anilines is 3. The van der Waals surface area contributed by atoms with Crippen LogP contribution in [0.1, 0.15) is 47.2 Å². The molecular weight excluding hydrogens is 711 g/mol. The molecule has 0 saturated carbocycles. The van der Waals surface area contributed by atoms with Gasteiger partial charge in [-0.1, -0.05) is 196 Å². The molecule has 0 amide bonds. The minimum Gasteiger partial charge on any atom is -0.310 e. The predicted octanol–water partition coefficient (Wildman–Crippen LogP) is 15.2. The first kappa shape index (κ1) is 35.0. The van der Waals surface area contributed by atoms with E-state index >= 15 is 0 Å². The Hall–Kier alpha value is -7.22. The van der Waals surface area contributed by atoms with Gasteiger partial charge in [0, 0.05) is 22.4 Å². The summed E-state index contributed by atoms with van der Waals surface area (Å²) in [5.41, 5.74) is 20.9. The Labute approximate surface area is 347 Å². The van der Waals surface area contributed by atoms with Crippen LogP contribution >= 0.6 is 0 Å². The SMILES string of the molecule is CC1(C)c2ccccc2C2(c3ccccc3-c3cc(-c4cccc(N(c5ccccc5)c5ccccc5-c5cccc(-c6ccccc6)c5)c4)ccc32)c2ccccc21. The van der Waals surface area contributed by atoms with Gasteiger partial charge >= 0.3 is 0 Å². The van der Waals surface area contributed by atoms with E-state index in [0.29, 0.717) is 0 Å². The van der Waals surface area contributed by atoms with Crippen LogP contribution in [0.2, 0.25) is 0 Å². The zero-order valence-corrected chi connectivity index (χ0v) is 33.3. The maximum absolute atomic E-state index is 2.45. The highest BCUT2D eigenvalue weighted by Crippen LogP contribution is 2.62. The van der Waals surface area contributed by atoms with E-state index in [4.69, 9.17) is 0 Å². The second-order valence-electron chi connectivity index (χ2n) is 16.5. The Balaban J connectivity index is 1.07. The lowest BCUT2D eigenvalue weighted by molar-refractivity contribution is 0.563. The molecule has 0 fully saturated rings. The maximum Gasteiger partial charge on any atom is 0.0719 e. The van der Waals surface area contributed by atoms with Crippen LogP contribution < -0.4 is 4.90 Å². The van der Waals surface area contributed by atoms with Crippen molar-refractivity contribution in [2.75, 3.05) is 4.90 Å². The van der Waals surface area contributed by atoms with Crippen molar-refractivity contribution in [1.82, 2.24) is 0 Å². The van der Waals surface area contributed by atoms with Crippen molar-refractivity contribution in [2.45, 2.75) is 24.7 Å². The van der Waals surface area contributed by atoms with Crippen molar-refractivity contribution in [1.29, 1.82) is 0 Å². The summed E-state index contributed by atoms with van der Waals surface area (Å²) in [7, 11) is 0. The molecule has 11 rings (SSSR count). The molecular formula is C58H43N. The first-order valence-corrected chi connectivity index (χ1v) is 20.7. The van der Waals surface area contributed by atoms with Crippen LogP contribution in [0.4, 0.5) is 17.1 Å². The quantitative estimate of drug-likeness (QED) is 0.163. The highest BCUT2D eigenvalue weighted by molar-refractivity contribution is 5.93. The van der Waals surface area contributed by atoms with Crippen LogP contribution in [0.25, 0.3) is 44.5 Å². The van der Waals surface area contributed by atoms with Crippen molar-refractivity contribution >= 4 is 17.1 Å². The Kier molecular flexibility index (Phi) is 8.13. The first-order valence-electron chi connectivity index (χ1n) is 20.7. The van der Waals surface area contributed by atoms with Crippen molar-refractivity contribution in [3.8, 4) is 44.5 Å². The van der Waals surface area contributed by atoms with E-state index in [1.165, 1.54) is 77.9 Å². The summed E-state index contributed by atoms with van der Waals surface area (Å²) in [6.45, 7) is 4.77. The topological polar surface area (TPSA) is 3.24 Å². The predicted molar refractivity (Wildman–Crippen MR) is 247 cm³/mol. The lowest BCUT2D eigenvalue weighted by Crippen LogP contribution is -2.40. The highest BCUT2D eigenvalue weighted by Gasteiger charge is 2.53. The van der Waals surface area contributed by atoms with Crippen LogP contribution in [0.3, 0.4) is 0 Å². The zero-order chi connectivity index (χ0) is 39.6. The monoisotopic (exact) mass is 753 g/mol. The molecule has 0 heterocycles. The van der Waals surface area contributed by atoms with Crippen molar-refractivity contribution in [3.63, 3.8) is 0 Å². The number of hydrogen-bond acceptors (Lipinski definition) is 1. The van der Waals surface area contributed by atoms with E-state index in [9.17, 15) is 0 Å². The van der Waals surface area contributed by atoms with Crippen molar-refractivity contribution < 1.29 is 0 Å². The molecule has 0 atom stereocenters. The summed E-state index contributed by atoms with van der Waals surface area (Å²) < 4.78 is 0. The fraction of sp³-hybridized carbons (Fsp3) is 0.0690. The van der Waals surface area contributed by atoms with Gasteiger partial charge in [-0.25, -0.2) is 0 Å². The van der Waals surface area contributed by atoms with Gasteiger partial charge in [-0.2, -0.15) is 0 Å². The van der Waals surface area contributed by atoms with Crippen LogP contribution in [-0.2, 0) is 10.8 Å². The Morgan fingerprint density at radius 1 is 0.288 bits per heavy atom. The second kappa shape index (κ2) is 13.7. The standard InChI is InChI=1S/C58H43N/c1-57(2)52-30-12-14-32-54(52)58(55-33-15-13-31-53(55)57)50-29-11-9-28-48(50)49-39-43(35-36-51(49)58)42-22-18-26-46(38-42)59(45-24-7-4-8-25-45)56-34-16-10-27-47(56)44-23-17-21-41(37-44)40-19-5-3-6-20-40/h3-39H,1-2H3. The number of rotatable bonds is 6. The van der Waals surface area contributed by atoms with Crippen molar-refractivity contribution in [2.24, 2.45) is 0 Å². The molecule has 0 unspecified atom stereocenters. The minimum absolute atomic E-state index is 0.121. The summed E-state index contributed by atoms with van der Waals surface area (Å²) in [5, 5.41) is 0. The fourth-order valence-corrected chi connectivity index (χ4v) is 10.3. The van der Waals surface area contributed by atoms with Gasteiger partial charge in [-0.15, -0.1) is 0 Å². The van der Waals surface area contributed by atoms with E-state index in [2.05, 4.69) is 243 Å². The van der Waals surface area contributed by atoms with E-state index < -0.39 is 5.41 Å².